The summed E-state index contributed by atoms with van der Waals surface area (Å²) in [6.45, 7) is 2.85. The van der Waals surface area contributed by atoms with E-state index in [4.69, 9.17) is 5.11 Å². The number of benzene rings is 1. The summed E-state index contributed by atoms with van der Waals surface area (Å²) in [5.41, 5.74) is 3.16. The van der Waals surface area contributed by atoms with E-state index in [0.29, 0.717) is 13.1 Å². The second kappa shape index (κ2) is 5.48. The van der Waals surface area contributed by atoms with Gasteiger partial charge in [0.1, 0.15) is 5.82 Å². The van der Waals surface area contributed by atoms with E-state index >= 15 is 0 Å². The van der Waals surface area contributed by atoms with Gasteiger partial charge in [-0.25, -0.2) is 4.98 Å². The van der Waals surface area contributed by atoms with Crippen LogP contribution in [-0.2, 0) is 6.54 Å². The Hall–Kier alpha value is -1.43. The zero-order valence-corrected chi connectivity index (χ0v) is 10.7. The molecule has 0 radical (unpaired) electrons. The molecule has 0 saturated heterocycles. The molecule has 5 heteroatoms. The first kappa shape index (κ1) is 13.0. The quantitative estimate of drug-likeness (QED) is 0.728. The summed E-state index contributed by atoms with van der Waals surface area (Å²) in [6.07, 6.45) is -0.707. The summed E-state index contributed by atoms with van der Waals surface area (Å²) in [5, 5.41) is 18.2. The smallest absolute Gasteiger partial charge is 0.121 e. The van der Waals surface area contributed by atoms with Crippen molar-refractivity contribution in [2.45, 2.75) is 19.6 Å². The van der Waals surface area contributed by atoms with Gasteiger partial charge in [0.15, 0.2) is 0 Å². The first-order chi connectivity index (χ1) is 8.60. The normalized spacial score (nSPS) is 13.4. The Bertz CT molecular complexity index is 524. The van der Waals surface area contributed by atoms with E-state index in [1.165, 1.54) is 0 Å². The fourth-order valence-electron chi connectivity index (χ4n) is 2.04. The van der Waals surface area contributed by atoms with Crippen LogP contribution >= 0.6 is 0 Å². The molecule has 18 heavy (non-hydrogen) atoms. The molecular weight excluding hydrogens is 230 g/mol. The lowest BCUT2D eigenvalue weighted by atomic mass is 10.2. The molecule has 0 fully saturated rings. The van der Waals surface area contributed by atoms with Crippen molar-refractivity contribution < 1.29 is 10.2 Å². The van der Waals surface area contributed by atoms with Gasteiger partial charge in [-0.1, -0.05) is 12.1 Å². The number of likely N-dealkylation sites (N-methyl/N-ethyl adjacent to an activating group) is 1. The number of H-pyrrole nitrogens is 1. The number of hydrogen-bond donors (Lipinski definition) is 3. The van der Waals surface area contributed by atoms with E-state index < -0.39 is 6.10 Å². The fourth-order valence-corrected chi connectivity index (χ4v) is 2.04. The van der Waals surface area contributed by atoms with E-state index in [1.807, 2.05) is 37.1 Å². The molecule has 0 aliphatic carbocycles. The number of nitrogens with zero attached hydrogens (tertiary/aromatic N) is 2. The predicted molar refractivity (Wildman–Crippen MR) is 70.3 cm³/mol. The third kappa shape index (κ3) is 2.87. The van der Waals surface area contributed by atoms with Crippen LogP contribution in [-0.4, -0.2) is 51.4 Å². The number of aliphatic hydroxyl groups is 2. The molecule has 0 aliphatic rings. The summed E-state index contributed by atoms with van der Waals surface area (Å²) in [5.74, 6) is 0.868. The van der Waals surface area contributed by atoms with Crippen LogP contribution in [0.4, 0.5) is 0 Å². The van der Waals surface area contributed by atoms with Gasteiger partial charge >= 0.3 is 0 Å². The van der Waals surface area contributed by atoms with Crippen molar-refractivity contribution >= 4 is 11.0 Å². The lowest BCUT2D eigenvalue weighted by molar-refractivity contribution is 0.0642. The molecule has 0 spiro atoms. The maximum absolute atomic E-state index is 9.37. The van der Waals surface area contributed by atoms with Gasteiger partial charge in [0.25, 0.3) is 0 Å². The molecule has 1 aromatic carbocycles. The molecule has 1 aromatic heterocycles. The summed E-state index contributed by atoms with van der Waals surface area (Å²) < 4.78 is 0. The number of para-hydroxylation sites is 1. The average molecular weight is 249 g/mol. The van der Waals surface area contributed by atoms with Crippen LogP contribution < -0.4 is 0 Å². The summed E-state index contributed by atoms with van der Waals surface area (Å²) in [7, 11) is 1.89. The van der Waals surface area contributed by atoms with Gasteiger partial charge in [0.2, 0.25) is 0 Å². The molecule has 1 heterocycles. The molecule has 3 N–H and O–H groups in total. The van der Waals surface area contributed by atoms with Gasteiger partial charge in [-0.3, -0.25) is 4.90 Å². The monoisotopic (exact) mass is 249 g/mol. The number of nitrogens with one attached hydrogen (secondary N) is 1. The first-order valence-corrected chi connectivity index (χ1v) is 6.02. The van der Waals surface area contributed by atoms with Crippen molar-refractivity contribution in [3.05, 3.63) is 29.6 Å². The molecular formula is C13H19N3O2. The molecule has 0 saturated carbocycles. The molecule has 98 valence electrons. The third-order valence-electron chi connectivity index (χ3n) is 2.92. The van der Waals surface area contributed by atoms with E-state index in [0.717, 1.165) is 22.4 Å². The highest BCUT2D eigenvalue weighted by molar-refractivity contribution is 5.78. The van der Waals surface area contributed by atoms with Crippen LogP contribution in [0.2, 0.25) is 0 Å². The lowest BCUT2D eigenvalue weighted by Gasteiger charge is -2.17. The molecule has 2 aromatic rings. The third-order valence-corrected chi connectivity index (χ3v) is 2.92. The zero-order valence-electron chi connectivity index (χ0n) is 10.7. The minimum atomic E-state index is -0.707. The second-order valence-corrected chi connectivity index (χ2v) is 4.69. The van der Waals surface area contributed by atoms with Crippen molar-refractivity contribution in [2.24, 2.45) is 0 Å². The van der Waals surface area contributed by atoms with Gasteiger partial charge < -0.3 is 15.2 Å². The summed E-state index contributed by atoms with van der Waals surface area (Å²) >= 11 is 0. The number of aromatic amines is 1. The molecule has 1 unspecified atom stereocenters. The maximum atomic E-state index is 9.37. The largest absolute Gasteiger partial charge is 0.394 e. The fraction of sp³-hybridized carbons (Fsp3) is 0.462. The van der Waals surface area contributed by atoms with Crippen LogP contribution in [0, 0.1) is 6.92 Å². The number of imidazole rings is 1. The van der Waals surface area contributed by atoms with Crippen molar-refractivity contribution in [2.75, 3.05) is 20.2 Å². The van der Waals surface area contributed by atoms with Crippen LogP contribution in [0.25, 0.3) is 11.0 Å². The standard InChI is InChI=1S/C13H19N3O2/c1-9-4-3-5-11-13(9)15-12(14-11)7-16(2)6-10(18)8-17/h3-5,10,17-18H,6-8H2,1-2H3,(H,14,15). The average Bonchev–Trinajstić information content (AvgIpc) is 2.72. The molecule has 0 aliphatic heterocycles. The predicted octanol–water partition coefficient (Wildman–Crippen LogP) is 0.656. The lowest BCUT2D eigenvalue weighted by Crippen LogP contribution is -2.31. The highest BCUT2D eigenvalue weighted by atomic mass is 16.3. The van der Waals surface area contributed by atoms with Gasteiger partial charge in [0, 0.05) is 6.54 Å². The van der Waals surface area contributed by atoms with Gasteiger partial charge in [-0.15, -0.1) is 0 Å². The van der Waals surface area contributed by atoms with Crippen LogP contribution in [0.5, 0.6) is 0 Å². The minimum Gasteiger partial charge on any atom is -0.394 e. The van der Waals surface area contributed by atoms with E-state index in [2.05, 4.69) is 9.97 Å². The minimum absolute atomic E-state index is 0.219. The van der Waals surface area contributed by atoms with Crippen molar-refractivity contribution in [1.82, 2.24) is 14.9 Å². The molecule has 2 rings (SSSR count). The topological polar surface area (TPSA) is 72.4 Å². The number of fused-ring (bicyclic) bond motifs is 1. The van der Waals surface area contributed by atoms with Gasteiger partial charge in [-0.05, 0) is 25.6 Å². The Kier molecular flexibility index (Phi) is 3.96. The Morgan fingerprint density at radius 1 is 1.44 bits per heavy atom. The summed E-state index contributed by atoms with van der Waals surface area (Å²) in [4.78, 5) is 9.73. The highest BCUT2D eigenvalue weighted by Crippen LogP contribution is 2.16. The molecule has 0 amide bonds. The number of rotatable bonds is 5. The van der Waals surface area contributed by atoms with E-state index in [1.54, 1.807) is 0 Å². The number of hydrogen-bond acceptors (Lipinski definition) is 4. The van der Waals surface area contributed by atoms with Crippen LogP contribution in [0.3, 0.4) is 0 Å². The Balaban J connectivity index is 2.10. The van der Waals surface area contributed by atoms with Crippen LogP contribution in [0.15, 0.2) is 18.2 Å². The maximum Gasteiger partial charge on any atom is 0.121 e. The Morgan fingerprint density at radius 2 is 2.22 bits per heavy atom. The number of aryl methyl sites for hydroxylation is 1. The van der Waals surface area contributed by atoms with E-state index in [9.17, 15) is 5.11 Å². The Labute approximate surface area is 106 Å². The Morgan fingerprint density at radius 3 is 2.89 bits per heavy atom. The molecule has 5 nitrogen and oxygen atoms in total. The van der Waals surface area contributed by atoms with Crippen molar-refractivity contribution in [3.8, 4) is 0 Å². The molecule has 0 bridgehead atoms. The second-order valence-electron chi connectivity index (χ2n) is 4.69. The number of aliphatic hydroxyl groups excluding tert-OH is 2. The van der Waals surface area contributed by atoms with Crippen LogP contribution in [0.1, 0.15) is 11.4 Å². The van der Waals surface area contributed by atoms with E-state index in [-0.39, 0.29) is 6.61 Å². The van der Waals surface area contributed by atoms with Crippen molar-refractivity contribution in [1.29, 1.82) is 0 Å². The van der Waals surface area contributed by atoms with Crippen molar-refractivity contribution in [3.63, 3.8) is 0 Å². The SMILES string of the molecule is Cc1cccc2[nH]c(CN(C)CC(O)CO)nc12. The number of aromatic nitrogens is 2. The van der Waals surface area contributed by atoms with Gasteiger partial charge in [0.05, 0.1) is 30.3 Å². The summed E-state index contributed by atoms with van der Waals surface area (Å²) in [6, 6.07) is 6.03. The zero-order chi connectivity index (χ0) is 13.1. The highest BCUT2D eigenvalue weighted by Gasteiger charge is 2.10. The van der Waals surface area contributed by atoms with Gasteiger partial charge in [-0.2, -0.15) is 0 Å². The molecule has 1 atom stereocenters. The first-order valence-electron chi connectivity index (χ1n) is 6.02.